The lowest BCUT2D eigenvalue weighted by molar-refractivity contribution is 0.281. The lowest BCUT2D eigenvalue weighted by Gasteiger charge is -2.38. The molecule has 1 aromatic rings. The normalized spacial score (nSPS) is 21.1. The predicted molar refractivity (Wildman–Crippen MR) is 67.6 cm³/mol. The average molecular weight is 219 g/mol. The van der Waals surface area contributed by atoms with Gasteiger partial charge in [-0.15, -0.1) is 0 Å². The Hall–Kier alpha value is -1.02. The lowest BCUT2D eigenvalue weighted by Crippen LogP contribution is -2.39. The molecule has 0 spiro atoms. The highest BCUT2D eigenvalue weighted by atomic mass is 16.3. The van der Waals surface area contributed by atoms with E-state index in [9.17, 15) is 5.11 Å². The molecule has 0 amide bonds. The fourth-order valence-electron chi connectivity index (χ4n) is 2.67. The smallest absolute Gasteiger partial charge is 0.0702 e. The van der Waals surface area contributed by atoms with Gasteiger partial charge < -0.3 is 10.0 Å². The number of hydrogen-bond acceptors (Lipinski definition) is 2. The Morgan fingerprint density at radius 1 is 1.31 bits per heavy atom. The van der Waals surface area contributed by atoms with E-state index in [0.29, 0.717) is 6.04 Å². The van der Waals surface area contributed by atoms with Crippen LogP contribution in [0, 0.1) is 0 Å². The molecule has 1 aliphatic heterocycles. The molecular weight excluding hydrogens is 198 g/mol. The largest absolute Gasteiger partial charge is 0.392 e. The van der Waals surface area contributed by atoms with Gasteiger partial charge in [-0.2, -0.15) is 0 Å². The summed E-state index contributed by atoms with van der Waals surface area (Å²) >= 11 is 0. The molecule has 1 N–H and O–H groups in total. The van der Waals surface area contributed by atoms with Gasteiger partial charge in [0.1, 0.15) is 0 Å². The number of aliphatic hydroxyl groups excluding tert-OH is 1. The van der Waals surface area contributed by atoms with Crippen molar-refractivity contribution in [3.63, 3.8) is 0 Å². The molecule has 0 aliphatic carbocycles. The van der Waals surface area contributed by atoms with Crippen LogP contribution in [0.3, 0.4) is 0 Å². The van der Waals surface area contributed by atoms with Crippen molar-refractivity contribution < 1.29 is 5.11 Å². The zero-order valence-corrected chi connectivity index (χ0v) is 10.0. The van der Waals surface area contributed by atoms with E-state index >= 15 is 0 Å². The maximum Gasteiger partial charge on any atom is 0.0702 e. The lowest BCUT2D eigenvalue weighted by atomic mass is 9.98. The third-order valence-corrected chi connectivity index (χ3v) is 3.57. The maximum atomic E-state index is 9.38. The van der Waals surface area contributed by atoms with E-state index in [1.807, 2.05) is 12.1 Å². The van der Waals surface area contributed by atoms with Crippen LogP contribution in [-0.2, 0) is 6.61 Å². The predicted octanol–water partition coefficient (Wildman–Crippen LogP) is 2.95. The van der Waals surface area contributed by atoms with Crippen molar-refractivity contribution in [1.82, 2.24) is 0 Å². The van der Waals surface area contributed by atoms with Crippen LogP contribution >= 0.6 is 0 Å². The molecule has 1 unspecified atom stereocenters. The molecule has 2 heteroatoms. The summed E-state index contributed by atoms with van der Waals surface area (Å²) in [6.45, 7) is 3.53. The molecule has 1 heterocycles. The Labute approximate surface area is 97.9 Å². The van der Waals surface area contributed by atoms with Gasteiger partial charge >= 0.3 is 0 Å². The van der Waals surface area contributed by atoms with E-state index in [1.54, 1.807) is 0 Å². The third-order valence-electron chi connectivity index (χ3n) is 3.57. The van der Waals surface area contributed by atoms with Gasteiger partial charge in [0, 0.05) is 23.8 Å². The van der Waals surface area contributed by atoms with Gasteiger partial charge in [-0.1, -0.05) is 25.1 Å². The minimum absolute atomic E-state index is 0.142. The van der Waals surface area contributed by atoms with Crippen LogP contribution in [0.5, 0.6) is 0 Å². The number of nitrogens with zero attached hydrogens (tertiary/aromatic N) is 1. The van der Waals surface area contributed by atoms with Crippen LogP contribution in [-0.4, -0.2) is 17.7 Å². The quantitative estimate of drug-likeness (QED) is 0.845. The summed E-state index contributed by atoms with van der Waals surface area (Å²) in [6, 6.07) is 8.88. The second kappa shape index (κ2) is 5.35. The molecular formula is C14H21NO. The molecule has 88 valence electrons. The number of aliphatic hydroxyl groups is 1. The minimum Gasteiger partial charge on any atom is -0.392 e. The monoisotopic (exact) mass is 219 g/mol. The Morgan fingerprint density at radius 3 is 2.88 bits per heavy atom. The Kier molecular flexibility index (Phi) is 3.83. The molecule has 1 aliphatic rings. The van der Waals surface area contributed by atoms with Crippen molar-refractivity contribution in [3.8, 4) is 0 Å². The van der Waals surface area contributed by atoms with Crippen molar-refractivity contribution in [2.75, 3.05) is 11.4 Å². The standard InChI is InChI=1S/C14H21NO/c1-2-13-8-5-6-10-15(13)14-9-4-3-7-12(14)11-16/h3-4,7,9,13,16H,2,5-6,8,10-11H2,1H3. The summed E-state index contributed by atoms with van der Waals surface area (Å²) < 4.78 is 0. The van der Waals surface area contributed by atoms with Crippen LogP contribution in [0.25, 0.3) is 0 Å². The molecule has 1 fully saturated rings. The highest BCUT2D eigenvalue weighted by Crippen LogP contribution is 2.29. The zero-order chi connectivity index (χ0) is 11.4. The number of piperidine rings is 1. The van der Waals surface area contributed by atoms with Gasteiger partial charge in [-0.3, -0.25) is 0 Å². The van der Waals surface area contributed by atoms with E-state index in [2.05, 4.69) is 24.0 Å². The number of rotatable bonds is 3. The van der Waals surface area contributed by atoms with Gasteiger partial charge in [-0.25, -0.2) is 0 Å². The number of benzene rings is 1. The van der Waals surface area contributed by atoms with E-state index < -0.39 is 0 Å². The molecule has 1 atom stereocenters. The molecule has 2 nitrogen and oxygen atoms in total. The Balaban J connectivity index is 2.26. The highest BCUT2D eigenvalue weighted by Gasteiger charge is 2.22. The molecule has 0 saturated carbocycles. The maximum absolute atomic E-state index is 9.38. The topological polar surface area (TPSA) is 23.5 Å². The third kappa shape index (κ3) is 2.22. The molecule has 0 aromatic heterocycles. The van der Waals surface area contributed by atoms with Crippen molar-refractivity contribution in [3.05, 3.63) is 29.8 Å². The number of hydrogen-bond donors (Lipinski definition) is 1. The van der Waals surface area contributed by atoms with Crippen LogP contribution in [0.2, 0.25) is 0 Å². The van der Waals surface area contributed by atoms with Crippen molar-refractivity contribution in [1.29, 1.82) is 0 Å². The fraction of sp³-hybridized carbons (Fsp3) is 0.571. The van der Waals surface area contributed by atoms with Gasteiger partial charge in [0.05, 0.1) is 6.61 Å². The summed E-state index contributed by atoms with van der Waals surface area (Å²) in [7, 11) is 0. The first-order valence-electron chi connectivity index (χ1n) is 6.32. The average Bonchev–Trinajstić information content (AvgIpc) is 2.38. The second-order valence-corrected chi connectivity index (χ2v) is 4.54. The first kappa shape index (κ1) is 11.5. The molecule has 0 radical (unpaired) electrons. The first-order chi connectivity index (χ1) is 7.86. The highest BCUT2D eigenvalue weighted by molar-refractivity contribution is 5.54. The molecule has 1 aromatic carbocycles. The summed E-state index contributed by atoms with van der Waals surface area (Å²) in [4.78, 5) is 2.48. The first-order valence-corrected chi connectivity index (χ1v) is 6.32. The van der Waals surface area contributed by atoms with Crippen LogP contribution < -0.4 is 4.90 Å². The van der Waals surface area contributed by atoms with Crippen molar-refractivity contribution in [2.24, 2.45) is 0 Å². The molecule has 16 heavy (non-hydrogen) atoms. The minimum atomic E-state index is 0.142. The van der Waals surface area contributed by atoms with Crippen molar-refractivity contribution in [2.45, 2.75) is 45.3 Å². The molecule has 1 saturated heterocycles. The van der Waals surface area contributed by atoms with E-state index in [4.69, 9.17) is 0 Å². The number of anilines is 1. The molecule has 2 rings (SSSR count). The van der Waals surface area contributed by atoms with E-state index in [0.717, 1.165) is 12.1 Å². The second-order valence-electron chi connectivity index (χ2n) is 4.54. The van der Waals surface area contributed by atoms with E-state index in [-0.39, 0.29) is 6.61 Å². The van der Waals surface area contributed by atoms with Gasteiger partial charge in [0.25, 0.3) is 0 Å². The van der Waals surface area contributed by atoms with Gasteiger partial charge in [-0.05, 0) is 31.7 Å². The van der Waals surface area contributed by atoms with Crippen LogP contribution in [0.1, 0.15) is 38.2 Å². The van der Waals surface area contributed by atoms with Gasteiger partial charge in [0.2, 0.25) is 0 Å². The van der Waals surface area contributed by atoms with Crippen LogP contribution in [0.4, 0.5) is 5.69 Å². The van der Waals surface area contributed by atoms with Gasteiger partial charge in [0.15, 0.2) is 0 Å². The summed E-state index contributed by atoms with van der Waals surface area (Å²) in [5.41, 5.74) is 2.29. The Morgan fingerprint density at radius 2 is 2.12 bits per heavy atom. The summed E-state index contributed by atoms with van der Waals surface area (Å²) in [6.07, 6.45) is 5.10. The van der Waals surface area contributed by atoms with Crippen LogP contribution in [0.15, 0.2) is 24.3 Å². The summed E-state index contributed by atoms with van der Waals surface area (Å²) in [5.74, 6) is 0. The van der Waals surface area contributed by atoms with Crippen molar-refractivity contribution >= 4 is 5.69 Å². The van der Waals surface area contributed by atoms with E-state index in [1.165, 1.54) is 31.4 Å². The summed E-state index contributed by atoms with van der Waals surface area (Å²) in [5, 5.41) is 9.38. The number of para-hydroxylation sites is 1. The SMILES string of the molecule is CCC1CCCCN1c1ccccc1CO. The fourth-order valence-corrected chi connectivity index (χ4v) is 2.67. The zero-order valence-electron chi connectivity index (χ0n) is 10.0. The Bertz CT molecular complexity index is 337. The molecule has 0 bridgehead atoms.